The molecule has 2 fully saturated rings. The van der Waals surface area contributed by atoms with Gasteiger partial charge in [-0.2, -0.15) is 13.2 Å². The highest BCUT2D eigenvalue weighted by Gasteiger charge is 2.53. The molecule has 0 spiro atoms. The third-order valence-electron chi connectivity index (χ3n) is 5.49. The molecule has 136 valence electrons. The quantitative estimate of drug-likeness (QED) is 0.905. The second kappa shape index (κ2) is 6.13. The maximum absolute atomic E-state index is 13.1. The van der Waals surface area contributed by atoms with Crippen molar-refractivity contribution in [3.8, 4) is 11.1 Å². The van der Waals surface area contributed by atoms with Crippen LogP contribution in [0.15, 0.2) is 48.5 Å². The second-order valence-electron chi connectivity index (χ2n) is 7.04. The Morgan fingerprint density at radius 2 is 1.81 bits per heavy atom. The van der Waals surface area contributed by atoms with Crippen LogP contribution in [0, 0.1) is 11.8 Å². The zero-order valence-electron chi connectivity index (χ0n) is 14.0. The van der Waals surface area contributed by atoms with Gasteiger partial charge in [-0.3, -0.25) is 4.79 Å². The van der Waals surface area contributed by atoms with E-state index in [1.165, 1.54) is 12.1 Å². The summed E-state index contributed by atoms with van der Waals surface area (Å²) in [6.07, 6.45) is -3.25. The molecule has 2 aliphatic rings. The number of hydrogen-bond acceptors (Lipinski definition) is 2. The Kier molecular flexibility index (Phi) is 4.03. The van der Waals surface area contributed by atoms with E-state index in [4.69, 9.17) is 5.73 Å². The Morgan fingerprint density at radius 1 is 1.12 bits per heavy atom. The van der Waals surface area contributed by atoms with Crippen LogP contribution in [0.5, 0.6) is 0 Å². The lowest BCUT2D eigenvalue weighted by Crippen LogP contribution is -2.42. The van der Waals surface area contributed by atoms with E-state index in [0.717, 1.165) is 18.6 Å². The number of piperidine rings is 1. The van der Waals surface area contributed by atoms with Gasteiger partial charge in [-0.05, 0) is 47.6 Å². The topological polar surface area (TPSA) is 46.3 Å². The predicted molar refractivity (Wildman–Crippen MR) is 92.4 cm³/mol. The van der Waals surface area contributed by atoms with Crippen molar-refractivity contribution in [3.63, 3.8) is 0 Å². The fourth-order valence-corrected chi connectivity index (χ4v) is 4.02. The zero-order valence-corrected chi connectivity index (χ0v) is 14.0. The summed E-state index contributed by atoms with van der Waals surface area (Å²) in [7, 11) is 0. The van der Waals surface area contributed by atoms with E-state index in [1.807, 2.05) is 4.90 Å². The molecule has 3 atom stereocenters. The van der Waals surface area contributed by atoms with E-state index in [-0.39, 0.29) is 11.9 Å². The smallest absolute Gasteiger partial charge is 0.334 e. The van der Waals surface area contributed by atoms with Gasteiger partial charge in [-0.15, -0.1) is 0 Å². The molecule has 1 aliphatic heterocycles. The Labute approximate surface area is 149 Å². The molecular weight excluding hydrogens is 341 g/mol. The standard InChI is InChI=1S/C20H19F3N2O/c21-20(22,23)14-7-5-12(6-8-14)15-3-1-2-4-16(15)19(26)25-11-13-9-17(13)18(25)10-24/h1-8,13,17-18H,9-11,24H2/t13-,17-,18-/m1/s1. The van der Waals surface area contributed by atoms with Gasteiger partial charge in [0.25, 0.3) is 5.91 Å². The van der Waals surface area contributed by atoms with E-state index in [0.29, 0.717) is 41.6 Å². The number of carbonyl (C=O) groups excluding carboxylic acids is 1. The van der Waals surface area contributed by atoms with Crippen molar-refractivity contribution < 1.29 is 18.0 Å². The first kappa shape index (κ1) is 17.1. The number of rotatable bonds is 3. The van der Waals surface area contributed by atoms with Crippen LogP contribution in [0.3, 0.4) is 0 Å². The van der Waals surface area contributed by atoms with Gasteiger partial charge in [0.2, 0.25) is 0 Å². The summed E-state index contributed by atoms with van der Waals surface area (Å²) in [5.41, 5.74) is 6.90. The number of carbonyl (C=O) groups is 1. The number of likely N-dealkylation sites (tertiary alicyclic amines) is 1. The number of nitrogens with two attached hydrogens (primary N) is 1. The molecule has 1 amide bonds. The summed E-state index contributed by atoms with van der Waals surface area (Å²) in [6.45, 7) is 1.15. The average Bonchev–Trinajstić information content (AvgIpc) is 3.31. The minimum absolute atomic E-state index is 0.0631. The van der Waals surface area contributed by atoms with Crippen LogP contribution in [0.2, 0.25) is 0 Å². The first-order chi connectivity index (χ1) is 12.4. The molecule has 1 saturated carbocycles. The third-order valence-corrected chi connectivity index (χ3v) is 5.49. The predicted octanol–water partition coefficient (Wildman–Crippen LogP) is 3.79. The largest absolute Gasteiger partial charge is 0.416 e. The van der Waals surface area contributed by atoms with Gasteiger partial charge >= 0.3 is 6.18 Å². The summed E-state index contributed by atoms with van der Waals surface area (Å²) in [5.74, 6) is 0.955. The average molecular weight is 360 g/mol. The van der Waals surface area contributed by atoms with Crippen molar-refractivity contribution in [1.29, 1.82) is 0 Å². The lowest BCUT2D eigenvalue weighted by molar-refractivity contribution is -0.137. The normalized spacial score (nSPS) is 24.5. The Hall–Kier alpha value is -2.34. The number of benzene rings is 2. The number of hydrogen-bond donors (Lipinski definition) is 1. The molecule has 2 aromatic rings. The highest BCUT2D eigenvalue weighted by Crippen LogP contribution is 2.49. The van der Waals surface area contributed by atoms with Crippen molar-refractivity contribution in [2.75, 3.05) is 13.1 Å². The Balaban J connectivity index is 1.66. The molecule has 3 nitrogen and oxygen atoms in total. The highest BCUT2D eigenvalue weighted by molar-refractivity contribution is 6.01. The highest BCUT2D eigenvalue weighted by atomic mass is 19.4. The molecule has 0 aromatic heterocycles. The van der Waals surface area contributed by atoms with E-state index in [1.54, 1.807) is 24.3 Å². The number of nitrogens with zero attached hydrogens (tertiary/aromatic N) is 1. The van der Waals surface area contributed by atoms with E-state index < -0.39 is 11.7 Å². The zero-order chi connectivity index (χ0) is 18.5. The van der Waals surface area contributed by atoms with Crippen molar-refractivity contribution >= 4 is 5.91 Å². The number of halogens is 3. The van der Waals surface area contributed by atoms with Crippen LogP contribution in [-0.2, 0) is 6.18 Å². The van der Waals surface area contributed by atoms with Gasteiger partial charge < -0.3 is 10.6 Å². The molecule has 2 N–H and O–H groups in total. The molecule has 26 heavy (non-hydrogen) atoms. The van der Waals surface area contributed by atoms with Gasteiger partial charge in [0.1, 0.15) is 0 Å². The third kappa shape index (κ3) is 2.88. The van der Waals surface area contributed by atoms with Gasteiger partial charge in [0.15, 0.2) is 0 Å². The maximum Gasteiger partial charge on any atom is 0.416 e. The van der Waals surface area contributed by atoms with Crippen LogP contribution in [0.1, 0.15) is 22.3 Å². The van der Waals surface area contributed by atoms with E-state index >= 15 is 0 Å². The summed E-state index contributed by atoms with van der Waals surface area (Å²) in [6, 6.07) is 12.0. The molecule has 1 heterocycles. The first-order valence-electron chi connectivity index (χ1n) is 8.68. The molecule has 2 aromatic carbocycles. The number of fused-ring (bicyclic) bond motifs is 1. The fraction of sp³-hybridized carbons (Fsp3) is 0.350. The summed E-state index contributed by atoms with van der Waals surface area (Å²) in [5, 5.41) is 0. The molecule has 0 bridgehead atoms. The minimum Gasteiger partial charge on any atom is -0.334 e. The SMILES string of the molecule is NC[C@@H]1[C@@H]2C[C@@H]2CN1C(=O)c1ccccc1-c1ccc(C(F)(F)F)cc1. The van der Waals surface area contributed by atoms with Gasteiger partial charge in [0, 0.05) is 24.7 Å². The lowest BCUT2D eigenvalue weighted by Gasteiger charge is -2.27. The summed E-state index contributed by atoms with van der Waals surface area (Å²) >= 11 is 0. The molecule has 1 aliphatic carbocycles. The van der Waals surface area contributed by atoms with E-state index in [9.17, 15) is 18.0 Å². The number of amides is 1. The van der Waals surface area contributed by atoms with Crippen molar-refractivity contribution in [2.45, 2.75) is 18.6 Å². The first-order valence-corrected chi connectivity index (χ1v) is 8.68. The fourth-order valence-electron chi connectivity index (χ4n) is 4.02. The number of alkyl halides is 3. The van der Waals surface area contributed by atoms with Gasteiger partial charge in [-0.1, -0.05) is 30.3 Å². The Bertz CT molecular complexity index is 832. The van der Waals surface area contributed by atoms with Crippen molar-refractivity contribution in [2.24, 2.45) is 17.6 Å². The van der Waals surface area contributed by atoms with Crippen LogP contribution < -0.4 is 5.73 Å². The van der Waals surface area contributed by atoms with Crippen molar-refractivity contribution in [1.82, 2.24) is 4.90 Å². The van der Waals surface area contributed by atoms with Crippen LogP contribution in [0.4, 0.5) is 13.2 Å². The Morgan fingerprint density at radius 3 is 2.46 bits per heavy atom. The maximum atomic E-state index is 13.1. The molecular formula is C20H19F3N2O. The van der Waals surface area contributed by atoms with Crippen LogP contribution >= 0.6 is 0 Å². The summed E-state index contributed by atoms with van der Waals surface area (Å²) < 4.78 is 38.4. The lowest BCUT2D eigenvalue weighted by atomic mass is 9.97. The van der Waals surface area contributed by atoms with Gasteiger partial charge in [0.05, 0.1) is 5.56 Å². The molecule has 0 radical (unpaired) electrons. The van der Waals surface area contributed by atoms with Crippen LogP contribution in [0.25, 0.3) is 11.1 Å². The molecule has 1 saturated heterocycles. The molecule has 4 rings (SSSR count). The second-order valence-corrected chi connectivity index (χ2v) is 7.04. The van der Waals surface area contributed by atoms with Crippen LogP contribution in [-0.4, -0.2) is 29.9 Å². The van der Waals surface area contributed by atoms with Gasteiger partial charge in [-0.25, -0.2) is 0 Å². The molecule has 0 unspecified atom stereocenters. The molecule has 6 heteroatoms. The van der Waals surface area contributed by atoms with E-state index in [2.05, 4.69) is 0 Å². The monoisotopic (exact) mass is 360 g/mol. The minimum atomic E-state index is -4.38. The van der Waals surface area contributed by atoms with Crippen molar-refractivity contribution in [3.05, 3.63) is 59.7 Å². The summed E-state index contributed by atoms with van der Waals surface area (Å²) in [4.78, 5) is 14.9.